The van der Waals surface area contributed by atoms with E-state index in [1.165, 1.54) is 36.4 Å². The summed E-state index contributed by atoms with van der Waals surface area (Å²) in [5, 5.41) is 24.5. The van der Waals surface area contributed by atoms with Crippen molar-refractivity contribution in [2.45, 2.75) is 35.4 Å². The summed E-state index contributed by atoms with van der Waals surface area (Å²) in [4.78, 5) is 0. The van der Waals surface area contributed by atoms with Gasteiger partial charge in [-0.25, -0.2) is 0 Å². The summed E-state index contributed by atoms with van der Waals surface area (Å²) in [5.74, 6) is 11.2. The van der Waals surface area contributed by atoms with E-state index in [0.29, 0.717) is 22.3 Å². The van der Waals surface area contributed by atoms with Crippen LogP contribution in [-0.4, -0.2) is 60.9 Å². The van der Waals surface area contributed by atoms with Crippen LogP contribution in [0.3, 0.4) is 0 Å². The first-order valence-electron chi connectivity index (χ1n) is 15.1. The topological polar surface area (TPSA) is 285 Å². The first-order chi connectivity index (χ1) is 23.5. The van der Waals surface area contributed by atoms with Crippen molar-refractivity contribution in [3.05, 3.63) is 129 Å². The molecule has 4 unspecified atom stereocenters. The number of hydrogen-bond donors (Lipinski definition) is 8. The number of nitrogens with two attached hydrogens (primary N) is 4. The fraction of sp³-hybridized carbons (Fsp3) is 0.176. The molecule has 50 heavy (non-hydrogen) atoms. The van der Waals surface area contributed by atoms with Crippen LogP contribution in [0.4, 0.5) is 0 Å². The Balaban J connectivity index is 1.55. The van der Waals surface area contributed by atoms with Crippen molar-refractivity contribution in [3.63, 3.8) is 0 Å². The van der Waals surface area contributed by atoms with Crippen LogP contribution in [-0.2, 0) is 29.7 Å². The predicted molar refractivity (Wildman–Crippen MR) is 192 cm³/mol. The summed E-state index contributed by atoms with van der Waals surface area (Å²) in [6.07, 6.45) is 0. The number of aryl methyl sites for hydroxylation is 2. The average Bonchev–Trinajstić information content (AvgIpc) is 3.05. The molecule has 6 rings (SSSR count). The van der Waals surface area contributed by atoms with Gasteiger partial charge in [-0.1, -0.05) is 84.9 Å². The lowest BCUT2D eigenvalue weighted by Gasteiger charge is -2.43. The SMILES string of the molecule is Cc1cc(-c2ccc(C3(S(=O)(=O)O)c4ccccc4C(=N)/C(=N/N)C3N)c(C)c2)ccc1C1(S(=O)(=O)O)c2ccccc2C(=N)/C(=N\N)C1N. The first-order valence-corrected chi connectivity index (χ1v) is 18.0. The maximum atomic E-state index is 13.5. The van der Waals surface area contributed by atoms with E-state index in [0.717, 1.165) is 0 Å². The predicted octanol–water partition coefficient (Wildman–Crippen LogP) is 2.28. The molecule has 258 valence electrons. The zero-order valence-corrected chi connectivity index (χ0v) is 28.4. The standard InChI is InChI=1S/C34H34N8O6S2/c1-17-15-19(11-13-23(17)33(49(43,44)45)25-9-5-3-7-21(25)27(35)29(41-39)31(33)37)20-12-14-24(18(2)16-20)34(50(46,47)48)26-10-6-4-8-22(26)28(36)30(42-40)32(34)38/h3-16,31-32,35-36H,37-40H2,1-2H3,(H,43,44,45)(H,46,47,48)/b35-27?,36-28?,41-29-,42-30+. The number of nitrogens with zero attached hydrogens (tertiary/aromatic N) is 2. The third-order valence-electron chi connectivity index (χ3n) is 9.85. The van der Waals surface area contributed by atoms with Crippen LogP contribution in [0.2, 0.25) is 0 Å². The van der Waals surface area contributed by atoms with E-state index >= 15 is 0 Å². The van der Waals surface area contributed by atoms with Gasteiger partial charge in [-0.05, 0) is 58.4 Å². The van der Waals surface area contributed by atoms with Crippen LogP contribution in [0, 0.1) is 24.7 Å². The van der Waals surface area contributed by atoms with Gasteiger partial charge in [0, 0.05) is 11.1 Å². The molecule has 14 nitrogen and oxygen atoms in total. The van der Waals surface area contributed by atoms with Gasteiger partial charge in [-0.15, -0.1) is 0 Å². The zero-order valence-electron chi connectivity index (χ0n) is 26.8. The van der Waals surface area contributed by atoms with E-state index in [1.807, 2.05) is 0 Å². The number of benzene rings is 4. The molecule has 0 spiro atoms. The number of hydrazone groups is 2. The Labute approximate surface area is 288 Å². The van der Waals surface area contributed by atoms with Gasteiger partial charge in [0.1, 0.15) is 11.4 Å². The Kier molecular flexibility index (Phi) is 8.17. The summed E-state index contributed by atoms with van der Waals surface area (Å²) >= 11 is 0. The Hall–Kier alpha value is -5.10. The van der Waals surface area contributed by atoms with Gasteiger partial charge in [-0.3, -0.25) is 19.9 Å². The molecular weight excluding hydrogens is 681 g/mol. The van der Waals surface area contributed by atoms with E-state index in [1.54, 1.807) is 62.4 Å². The zero-order chi connectivity index (χ0) is 36.6. The van der Waals surface area contributed by atoms with Crippen molar-refractivity contribution in [2.24, 2.45) is 33.4 Å². The molecule has 12 N–H and O–H groups in total. The van der Waals surface area contributed by atoms with Crippen molar-refractivity contribution in [3.8, 4) is 11.1 Å². The van der Waals surface area contributed by atoms with Crippen LogP contribution in [0.25, 0.3) is 11.1 Å². The summed E-state index contributed by atoms with van der Waals surface area (Å²) in [7, 11) is -10.1. The molecule has 0 aliphatic heterocycles. The molecule has 2 aliphatic rings. The third kappa shape index (κ3) is 4.53. The van der Waals surface area contributed by atoms with E-state index in [-0.39, 0.29) is 56.2 Å². The van der Waals surface area contributed by atoms with Crippen LogP contribution in [0.5, 0.6) is 0 Å². The molecule has 0 saturated carbocycles. The van der Waals surface area contributed by atoms with Crippen LogP contribution >= 0.6 is 0 Å². The minimum atomic E-state index is -5.04. The quantitative estimate of drug-likeness (QED) is 0.0848. The Morgan fingerprint density at radius 3 is 1.24 bits per heavy atom. The molecule has 0 fully saturated rings. The summed E-state index contributed by atoms with van der Waals surface area (Å²) in [6.45, 7) is 3.30. The lowest BCUT2D eigenvalue weighted by atomic mass is 9.71. The second-order valence-corrected chi connectivity index (χ2v) is 15.5. The van der Waals surface area contributed by atoms with Gasteiger partial charge < -0.3 is 23.2 Å². The highest BCUT2D eigenvalue weighted by Gasteiger charge is 2.60. The highest BCUT2D eigenvalue weighted by molar-refractivity contribution is 7.87. The van der Waals surface area contributed by atoms with Gasteiger partial charge >= 0.3 is 0 Å². The molecule has 0 bridgehead atoms. The van der Waals surface area contributed by atoms with Gasteiger partial charge in [0.05, 0.1) is 23.5 Å². The van der Waals surface area contributed by atoms with Crippen molar-refractivity contribution < 1.29 is 25.9 Å². The van der Waals surface area contributed by atoms with Crippen molar-refractivity contribution in [1.29, 1.82) is 10.8 Å². The monoisotopic (exact) mass is 714 g/mol. The highest BCUT2D eigenvalue weighted by atomic mass is 32.2. The third-order valence-corrected chi connectivity index (χ3v) is 12.9. The molecule has 4 atom stereocenters. The molecule has 16 heteroatoms. The van der Waals surface area contributed by atoms with E-state index in [2.05, 4.69) is 10.2 Å². The minimum Gasteiger partial charge on any atom is -0.323 e. The Bertz CT molecular complexity index is 2260. The number of hydrogen-bond acceptors (Lipinski definition) is 12. The number of rotatable bonds is 5. The molecule has 0 radical (unpaired) electrons. The maximum Gasteiger partial charge on any atom is 0.281 e. The molecule has 2 aliphatic carbocycles. The minimum absolute atomic E-state index is 0.0940. The van der Waals surface area contributed by atoms with Gasteiger partial charge in [0.2, 0.25) is 0 Å². The second kappa shape index (κ2) is 11.8. The molecular formula is C34H34N8O6S2. The van der Waals surface area contributed by atoms with Crippen LogP contribution in [0.15, 0.2) is 95.1 Å². The van der Waals surface area contributed by atoms with Crippen molar-refractivity contribution >= 4 is 43.1 Å². The van der Waals surface area contributed by atoms with Gasteiger partial charge in [-0.2, -0.15) is 27.0 Å². The maximum absolute atomic E-state index is 13.5. The lowest BCUT2D eigenvalue weighted by Crippen LogP contribution is -2.61. The number of fused-ring (bicyclic) bond motifs is 2. The van der Waals surface area contributed by atoms with Gasteiger partial charge in [0.15, 0.2) is 9.49 Å². The molecule has 0 aromatic heterocycles. The first kappa shape index (κ1) is 34.8. The summed E-state index contributed by atoms with van der Waals surface area (Å²) in [6, 6.07) is 19.0. The van der Waals surface area contributed by atoms with Gasteiger partial charge in [0.25, 0.3) is 20.2 Å². The average molecular weight is 715 g/mol. The smallest absolute Gasteiger partial charge is 0.281 e. The molecule has 0 heterocycles. The highest BCUT2D eigenvalue weighted by Crippen LogP contribution is 2.49. The molecule has 0 saturated heterocycles. The van der Waals surface area contributed by atoms with E-state index < -0.39 is 41.8 Å². The lowest BCUT2D eigenvalue weighted by molar-refractivity contribution is 0.433. The molecule has 4 aromatic rings. The Morgan fingerprint density at radius 2 is 0.940 bits per heavy atom. The molecule has 4 aromatic carbocycles. The fourth-order valence-electron chi connectivity index (χ4n) is 7.67. The largest absolute Gasteiger partial charge is 0.323 e. The second-order valence-electron chi connectivity index (χ2n) is 12.3. The van der Waals surface area contributed by atoms with Crippen molar-refractivity contribution in [2.75, 3.05) is 0 Å². The molecule has 0 amide bonds. The fourth-order valence-corrected chi connectivity index (χ4v) is 10.5. The van der Waals surface area contributed by atoms with Crippen molar-refractivity contribution in [1.82, 2.24) is 0 Å². The van der Waals surface area contributed by atoms with Crippen LogP contribution in [0.1, 0.15) is 44.5 Å². The summed E-state index contributed by atoms with van der Waals surface area (Å²) in [5.41, 5.74) is 15.2. The van der Waals surface area contributed by atoms with E-state index in [9.17, 15) is 25.9 Å². The summed E-state index contributed by atoms with van der Waals surface area (Å²) < 4.78 is 71.2. The Morgan fingerprint density at radius 1 is 0.600 bits per heavy atom. The number of nitrogens with one attached hydrogen (secondary N) is 2. The van der Waals surface area contributed by atoms with Crippen LogP contribution < -0.4 is 23.2 Å². The van der Waals surface area contributed by atoms with E-state index in [4.69, 9.17) is 34.0 Å². The normalized spacial score (nSPS) is 25.4.